The number of ether oxygens (including phenoxy) is 2. The van der Waals surface area contributed by atoms with Crippen LogP contribution in [0.4, 0.5) is 5.95 Å². The molecule has 2 unspecified atom stereocenters. The van der Waals surface area contributed by atoms with Gasteiger partial charge < -0.3 is 9.47 Å². The van der Waals surface area contributed by atoms with Gasteiger partial charge in [-0.15, -0.1) is 0 Å². The Kier molecular flexibility index (Phi) is 7.88. The zero-order valence-electron chi connectivity index (χ0n) is 19.8. The van der Waals surface area contributed by atoms with E-state index in [1.165, 1.54) is 0 Å². The largest absolute Gasteiger partial charge is 0.492 e. The molecule has 1 saturated heterocycles. The summed E-state index contributed by atoms with van der Waals surface area (Å²) in [5.74, 6) is 0.936. The van der Waals surface area contributed by atoms with E-state index in [4.69, 9.17) is 9.47 Å². The van der Waals surface area contributed by atoms with Crippen molar-refractivity contribution < 1.29 is 9.47 Å². The molecule has 9 nitrogen and oxygen atoms in total. The van der Waals surface area contributed by atoms with Crippen LogP contribution in [0.25, 0.3) is 11.3 Å². The van der Waals surface area contributed by atoms with Gasteiger partial charge in [0, 0.05) is 25.2 Å². The summed E-state index contributed by atoms with van der Waals surface area (Å²) in [6.07, 6.45) is 2.10. The van der Waals surface area contributed by atoms with E-state index in [1.807, 2.05) is 48.5 Å². The van der Waals surface area contributed by atoms with Crippen molar-refractivity contribution in [3.63, 3.8) is 0 Å². The first-order chi connectivity index (χ1) is 17.0. The number of hydrazone groups is 1. The van der Waals surface area contributed by atoms with Crippen molar-refractivity contribution in [2.75, 3.05) is 31.7 Å². The fraction of sp³-hybridized carbons (Fsp3) is 0.308. The fourth-order valence-corrected chi connectivity index (χ4v) is 4.01. The number of nitrogens with zero attached hydrogens (tertiary/aromatic N) is 4. The number of hydrogen-bond donors (Lipinski definition) is 2. The topological polar surface area (TPSA) is 116 Å². The number of aromatic nitrogens is 2. The van der Waals surface area contributed by atoms with Gasteiger partial charge in [-0.1, -0.05) is 30.3 Å². The Balaban J connectivity index is 1.33. The number of morpholine rings is 1. The highest BCUT2D eigenvalue weighted by atomic mass is 16.5. The number of benzene rings is 2. The van der Waals surface area contributed by atoms with Crippen LogP contribution in [0.15, 0.2) is 64.5 Å². The Hall–Kier alpha value is -4.00. The van der Waals surface area contributed by atoms with Crippen LogP contribution in [0.2, 0.25) is 0 Å². The zero-order valence-corrected chi connectivity index (χ0v) is 19.8. The molecular formula is C26H28N6O3. The van der Waals surface area contributed by atoms with Crippen molar-refractivity contribution in [2.24, 2.45) is 5.10 Å². The number of aromatic amines is 1. The molecule has 35 heavy (non-hydrogen) atoms. The SMILES string of the molecule is CC1CN(CCOc2ccc(C=NNc3nc(-c4ccccc4)c(C#N)c(=O)[nH]3)cc2)CC(C)O1. The minimum Gasteiger partial charge on any atom is -0.492 e. The van der Waals surface area contributed by atoms with Gasteiger partial charge in [-0.3, -0.25) is 14.7 Å². The van der Waals surface area contributed by atoms with Gasteiger partial charge in [0.15, 0.2) is 0 Å². The summed E-state index contributed by atoms with van der Waals surface area (Å²) < 4.78 is 11.6. The van der Waals surface area contributed by atoms with Crippen LogP contribution >= 0.6 is 0 Å². The predicted molar refractivity (Wildman–Crippen MR) is 135 cm³/mol. The lowest BCUT2D eigenvalue weighted by molar-refractivity contribution is -0.0699. The summed E-state index contributed by atoms with van der Waals surface area (Å²) in [5, 5.41) is 13.5. The summed E-state index contributed by atoms with van der Waals surface area (Å²) in [6.45, 7) is 7.48. The Morgan fingerprint density at radius 2 is 1.91 bits per heavy atom. The smallest absolute Gasteiger partial charge is 0.270 e. The first kappa shape index (κ1) is 24.1. The van der Waals surface area contributed by atoms with Crippen molar-refractivity contribution in [3.8, 4) is 23.1 Å². The molecule has 2 N–H and O–H groups in total. The summed E-state index contributed by atoms with van der Waals surface area (Å²) in [7, 11) is 0. The molecule has 3 aromatic rings. The highest BCUT2D eigenvalue weighted by molar-refractivity contribution is 5.80. The van der Waals surface area contributed by atoms with Gasteiger partial charge in [0.05, 0.1) is 24.1 Å². The van der Waals surface area contributed by atoms with Crippen molar-refractivity contribution in [3.05, 3.63) is 76.1 Å². The van der Waals surface area contributed by atoms with Crippen LogP contribution in [-0.2, 0) is 4.74 Å². The van der Waals surface area contributed by atoms with Gasteiger partial charge in [0.25, 0.3) is 5.56 Å². The molecule has 1 aliphatic rings. The quantitative estimate of drug-likeness (QED) is 0.382. The van der Waals surface area contributed by atoms with E-state index in [-0.39, 0.29) is 23.7 Å². The third kappa shape index (κ3) is 6.53. The van der Waals surface area contributed by atoms with Crippen molar-refractivity contribution in [1.29, 1.82) is 5.26 Å². The van der Waals surface area contributed by atoms with Gasteiger partial charge in [-0.25, -0.2) is 10.4 Å². The van der Waals surface area contributed by atoms with Crippen molar-refractivity contribution in [1.82, 2.24) is 14.9 Å². The second-order valence-corrected chi connectivity index (χ2v) is 8.42. The van der Waals surface area contributed by atoms with Crippen LogP contribution < -0.4 is 15.7 Å². The van der Waals surface area contributed by atoms with E-state index in [0.717, 1.165) is 30.9 Å². The number of anilines is 1. The van der Waals surface area contributed by atoms with E-state index in [9.17, 15) is 10.1 Å². The number of nitriles is 1. The lowest BCUT2D eigenvalue weighted by Crippen LogP contribution is -2.46. The Labute approximate surface area is 204 Å². The van der Waals surface area contributed by atoms with Crippen LogP contribution in [-0.4, -0.2) is 59.5 Å². The molecule has 0 spiro atoms. The van der Waals surface area contributed by atoms with Gasteiger partial charge in [0.1, 0.15) is 24.0 Å². The lowest BCUT2D eigenvalue weighted by atomic mass is 10.1. The maximum atomic E-state index is 12.3. The van der Waals surface area contributed by atoms with Crippen molar-refractivity contribution in [2.45, 2.75) is 26.1 Å². The average Bonchev–Trinajstić information content (AvgIpc) is 2.85. The number of H-pyrrole nitrogens is 1. The van der Waals surface area contributed by atoms with E-state index in [1.54, 1.807) is 18.3 Å². The van der Waals surface area contributed by atoms with Crippen LogP contribution in [0.1, 0.15) is 25.0 Å². The van der Waals surface area contributed by atoms with Gasteiger partial charge in [-0.2, -0.15) is 10.4 Å². The molecule has 180 valence electrons. The van der Waals surface area contributed by atoms with E-state index < -0.39 is 5.56 Å². The standard InChI is InChI=1S/C26H28N6O3/c1-18-16-32(17-19(2)35-18)12-13-34-22-10-8-20(9-11-22)15-28-31-26-29-24(21-6-4-3-5-7-21)23(14-27)25(33)30-26/h3-11,15,18-19H,12-13,16-17H2,1-2H3,(H2,29,30,31,33). The van der Waals surface area contributed by atoms with Crippen LogP contribution in [0.5, 0.6) is 5.75 Å². The average molecular weight is 473 g/mol. The first-order valence-electron chi connectivity index (χ1n) is 11.5. The second kappa shape index (κ2) is 11.4. The number of nitrogens with one attached hydrogen (secondary N) is 2. The van der Waals surface area contributed by atoms with E-state index in [0.29, 0.717) is 17.9 Å². The van der Waals surface area contributed by atoms with Crippen molar-refractivity contribution >= 4 is 12.2 Å². The monoisotopic (exact) mass is 472 g/mol. The minimum absolute atomic E-state index is 0.0426. The molecule has 0 bridgehead atoms. The number of hydrogen-bond acceptors (Lipinski definition) is 8. The normalized spacial score (nSPS) is 18.3. The Morgan fingerprint density at radius 1 is 1.20 bits per heavy atom. The second-order valence-electron chi connectivity index (χ2n) is 8.42. The molecule has 2 heterocycles. The summed E-state index contributed by atoms with van der Waals surface area (Å²) in [4.78, 5) is 21.6. The molecular weight excluding hydrogens is 444 g/mol. The van der Waals surface area contributed by atoms with E-state index >= 15 is 0 Å². The molecule has 1 aromatic heterocycles. The molecule has 0 aliphatic carbocycles. The maximum Gasteiger partial charge on any atom is 0.270 e. The highest BCUT2D eigenvalue weighted by Gasteiger charge is 2.21. The van der Waals surface area contributed by atoms with Crippen LogP contribution in [0.3, 0.4) is 0 Å². The molecule has 1 aliphatic heterocycles. The summed E-state index contributed by atoms with van der Waals surface area (Å²) in [6, 6.07) is 18.6. The molecule has 2 aromatic carbocycles. The van der Waals surface area contributed by atoms with Crippen LogP contribution in [0, 0.1) is 11.3 Å². The fourth-order valence-electron chi connectivity index (χ4n) is 4.01. The molecule has 4 rings (SSSR count). The molecule has 2 atom stereocenters. The predicted octanol–water partition coefficient (Wildman–Crippen LogP) is 3.24. The van der Waals surface area contributed by atoms with Gasteiger partial charge in [-0.05, 0) is 43.7 Å². The van der Waals surface area contributed by atoms with Gasteiger partial charge in [0.2, 0.25) is 5.95 Å². The summed E-state index contributed by atoms with van der Waals surface area (Å²) >= 11 is 0. The Bertz CT molecular complexity index is 1240. The van der Waals surface area contributed by atoms with Gasteiger partial charge >= 0.3 is 0 Å². The molecule has 9 heteroatoms. The Morgan fingerprint density at radius 3 is 2.60 bits per heavy atom. The lowest BCUT2D eigenvalue weighted by Gasteiger charge is -2.35. The molecule has 0 amide bonds. The highest BCUT2D eigenvalue weighted by Crippen LogP contribution is 2.19. The third-order valence-corrected chi connectivity index (χ3v) is 5.51. The third-order valence-electron chi connectivity index (χ3n) is 5.51. The molecule has 1 fully saturated rings. The first-order valence-corrected chi connectivity index (χ1v) is 11.5. The number of rotatable bonds is 8. The zero-order chi connectivity index (χ0) is 24.6. The molecule has 0 radical (unpaired) electrons. The van der Waals surface area contributed by atoms with E-state index in [2.05, 4.69) is 39.2 Å². The summed E-state index contributed by atoms with van der Waals surface area (Å²) in [5.41, 5.74) is 3.99. The minimum atomic E-state index is -0.526. The molecule has 0 saturated carbocycles. The maximum absolute atomic E-state index is 12.3.